The molecule has 1 aromatic heterocycles. The van der Waals surface area contributed by atoms with Gasteiger partial charge in [-0.2, -0.15) is 18.3 Å². The van der Waals surface area contributed by atoms with Crippen LogP contribution in [0, 0.1) is 0 Å². The molecule has 0 bridgehead atoms. The molecule has 0 unspecified atom stereocenters. The van der Waals surface area contributed by atoms with E-state index in [0.29, 0.717) is 4.68 Å². The monoisotopic (exact) mass is 420 g/mol. The van der Waals surface area contributed by atoms with Crippen molar-refractivity contribution >= 4 is 30.0 Å². The number of nitrogens with one attached hydrogen (secondary N) is 1. The molecule has 0 radical (unpaired) electrons. The SMILES string of the molecule is CCOC(=O)c1cnn(-c2cccc(NC(=O)C(C)(C)N)c2)c1C(F)(F)F.Cl. The fourth-order valence-electron chi connectivity index (χ4n) is 2.18. The van der Waals surface area contributed by atoms with Crippen molar-refractivity contribution in [2.24, 2.45) is 5.73 Å². The third-order valence-corrected chi connectivity index (χ3v) is 3.47. The summed E-state index contributed by atoms with van der Waals surface area (Å²) in [6.45, 7) is 4.40. The minimum atomic E-state index is -4.85. The van der Waals surface area contributed by atoms with Crippen molar-refractivity contribution in [1.29, 1.82) is 0 Å². The van der Waals surface area contributed by atoms with Crippen molar-refractivity contribution < 1.29 is 27.5 Å². The first kappa shape index (κ1) is 23.4. The third kappa shape index (κ3) is 5.23. The van der Waals surface area contributed by atoms with Crippen LogP contribution >= 0.6 is 12.4 Å². The lowest BCUT2D eigenvalue weighted by Crippen LogP contribution is -2.45. The molecule has 1 heterocycles. The Morgan fingerprint density at radius 1 is 1.29 bits per heavy atom. The van der Waals surface area contributed by atoms with Crippen molar-refractivity contribution in [2.75, 3.05) is 11.9 Å². The second-order valence-corrected chi connectivity index (χ2v) is 6.26. The quantitative estimate of drug-likeness (QED) is 0.724. The van der Waals surface area contributed by atoms with Gasteiger partial charge in [0.25, 0.3) is 0 Å². The second-order valence-electron chi connectivity index (χ2n) is 6.26. The minimum absolute atomic E-state index is 0. The highest BCUT2D eigenvalue weighted by molar-refractivity contribution is 5.97. The number of anilines is 1. The molecule has 0 saturated carbocycles. The van der Waals surface area contributed by atoms with Crippen LogP contribution in [0.5, 0.6) is 0 Å². The van der Waals surface area contributed by atoms with Crippen LogP contribution in [-0.2, 0) is 15.7 Å². The van der Waals surface area contributed by atoms with E-state index < -0.39 is 34.8 Å². The third-order valence-electron chi connectivity index (χ3n) is 3.47. The fraction of sp³-hybridized carbons (Fsp3) is 0.353. The van der Waals surface area contributed by atoms with Crippen molar-refractivity contribution in [3.8, 4) is 5.69 Å². The molecule has 1 amide bonds. The van der Waals surface area contributed by atoms with E-state index in [0.717, 1.165) is 6.20 Å². The van der Waals surface area contributed by atoms with Gasteiger partial charge < -0.3 is 15.8 Å². The van der Waals surface area contributed by atoms with Gasteiger partial charge in [-0.05, 0) is 39.0 Å². The van der Waals surface area contributed by atoms with E-state index >= 15 is 0 Å². The van der Waals surface area contributed by atoms with E-state index in [1.54, 1.807) is 0 Å². The molecular weight excluding hydrogens is 401 g/mol. The average Bonchev–Trinajstić information content (AvgIpc) is 3.00. The molecule has 0 saturated heterocycles. The predicted octanol–water partition coefficient (Wildman–Crippen LogP) is 3.17. The van der Waals surface area contributed by atoms with E-state index in [1.165, 1.54) is 45.0 Å². The highest BCUT2D eigenvalue weighted by Crippen LogP contribution is 2.34. The van der Waals surface area contributed by atoms with Gasteiger partial charge in [-0.25, -0.2) is 9.48 Å². The van der Waals surface area contributed by atoms with Gasteiger partial charge in [0.05, 0.1) is 24.0 Å². The number of rotatable bonds is 5. The molecule has 0 aliphatic carbocycles. The normalized spacial score (nSPS) is 11.5. The van der Waals surface area contributed by atoms with Gasteiger partial charge in [0.15, 0.2) is 5.69 Å². The first-order valence-corrected chi connectivity index (χ1v) is 7.98. The molecule has 154 valence electrons. The zero-order valence-electron chi connectivity index (χ0n) is 15.3. The number of hydrogen-bond donors (Lipinski definition) is 2. The van der Waals surface area contributed by atoms with Crippen molar-refractivity contribution in [2.45, 2.75) is 32.5 Å². The Bertz CT molecular complexity index is 860. The lowest BCUT2D eigenvalue weighted by Gasteiger charge is -2.18. The van der Waals surface area contributed by atoms with Crippen LogP contribution in [0.15, 0.2) is 30.5 Å². The summed E-state index contributed by atoms with van der Waals surface area (Å²) in [5.41, 5.74) is 2.81. The Labute approximate surface area is 165 Å². The van der Waals surface area contributed by atoms with Crippen LogP contribution in [0.4, 0.5) is 18.9 Å². The van der Waals surface area contributed by atoms with Crippen molar-refractivity contribution in [1.82, 2.24) is 9.78 Å². The summed E-state index contributed by atoms with van der Waals surface area (Å²) < 4.78 is 45.9. The van der Waals surface area contributed by atoms with Crippen LogP contribution < -0.4 is 11.1 Å². The van der Waals surface area contributed by atoms with Crippen molar-refractivity contribution in [3.63, 3.8) is 0 Å². The van der Waals surface area contributed by atoms with E-state index in [1.807, 2.05) is 0 Å². The predicted molar refractivity (Wildman–Crippen MR) is 98.7 cm³/mol. The highest BCUT2D eigenvalue weighted by Gasteiger charge is 2.41. The van der Waals surface area contributed by atoms with Gasteiger partial charge in [-0.3, -0.25) is 4.79 Å². The Morgan fingerprint density at radius 3 is 2.46 bits per heavy atom. The smallest absolute Gasteiger partial charge is 0.434 e. The van der Waals surface area contributed by atoms with E-state index in [9.17, 15) is 22.8 Å². The Hall–Kier alpha value is -2.59. The Kier molecular flexibility index (Phi) is 7.21. The average molecular weight is 421 g/mol. The van der Waals surface area contributed by atoms with Crippen LogP contribution in [0.3, 0.4) is 0 Å². The fourth-order valence-corrected chi connectivity index (χ4v) is 2.18. The number of carbonyl (C=O) groups is 2. The summed E-state index contributed by atoms with van der Waals surface area (Å²) in [7, 11) is 0. The second kappa shape index (κ2) is 8.61. The maximum Gasteiger partial charge on any atom is 0.434 e. The van der Waals surface area contributed by atoms with Gasteiger partial charge >= 0.3 is 12.1 Å². The molecule has 2 rings (SSSR count). The number of carbonyl (C=O) groups excluding carboxylic acids is 2. The zero-order chi connectivity index (χ0) is 20.4. The molecule has 1 aromatic carbocycles. The first-order valence-electron chi connectivity index (χ1n) is 7.98. The number of nitrogens with zero attached hydrogens (tertiary/aromatic N) is 2. The van der Waals surface area contributed by atoms with E-state index in [4.69, 9.17) is 5.73 Å². The molecular formula is C17H20ClF3N4O3. The number of ether oxygens (including phenoxy) is 1. The largest absolute Gasteiger partial charge is 0.462 e. The molecule has 2 aromatic rings. The van der Waals surface area contributed by atoms with Gasteiger partial charge in [-0.1, -0.05) is 6.07 Å². The van der Waals surface area contributed by atoms with E-state index in [2.05, 4.69) is 15.2 Å². The van der Waals surface area contributed by atoms with E-state index in [-0.39, 0.29) is 30.4 Å². The van der Waals surface area contributed by atoms with Crippen LogP contribution in [0.2, 0.25) is 0 Å². The standard InChI is InChI=1S/C17H19F3N4O3.ClH/c1-4-27-14(25)12-9-22-24(13(12)17(18,19)20)11-7-5-6-10(8-11)23-15(26)16(2,3)21;/h5-9H,4,21H2,1-3H3,(H,23,26);1H. The molecule has 3 N–H and O–H groups in total. The number of esters is 1. The first-order chi connectivity index (χ1) is 12.4. The number of nitrogens with two attached hydrogens (primary N) is 1. The van der Waals surface area contributed by atoms with Gasteiger partial charge in [0.1, 0.15) is 5.56 Å². The number of aromatic nitrogens is 2. The summed E-state index contributed by atoms with van der Waals surface area (Å²) in [4.78, 5) is 23.8. The number of hydrogen-bond acceptors (Lipinski definition) is 5. The maximum absolute atomic E-state index is 13.5. The maximum atomic E-state index is 13.5. The summed E-state index contributed by atoms with van der Waals surface area (Å²) in [5, 5.41) is 6.21. The van der Waals surface area contributed by atoms with Crippen LogP contribution in [-0.4, -0.2) is 33.8 Å². The number of amides is 1. The molecule has 0 atom stereocenters. The van der Waals surface area contributed by atoms with Crippen LogP contribution in [0.1, 0.15) is 36.8 Å². The molecule has 0 aliphatic rings. The lowest BCUT2D eigenvalue weighted by molar-refractivity contribution is -0.143. The van der Waals surface area contributed by atoms with Gasteiger partial charge in [-0.15, -0.1) is 12.4 Å². The topological polar surface area (TPSA) is 99.2 Å². The Morgan fingerprint density at radius 2 is 1.93 bits per heavy atom. The Balaban J connectivity index is 0.00000392. The zero-order valence-corrected chi connectivity index (χ0v) is 16.1. The molecule has 28 heavy (non-hydrogen) atoms. The summed E-state index contributed by atoms with van der Waals surface area (Å²) in [6.07, 6.45) is -4.05. The molecule has 0 aliphatic heterocycles. The molecule has 11 heteroatoms. The summed E-state index contributed by atoms with van der Waals surface area (Å²) in [6, 6.07) is 5.59. The number of halogens is 4. The summed E-state index contributed by atoms with van der Waals surface area (Å²) in [5.74, 6) is -1.63. The lowest BCUT2D eigenvalue weighted by atomic mass is 10.1. The van der Waals surface area contributed by atoms with Gasteiger partial charge in [0.2, 0.25) is 5.91 Å². The van der Waals surface area contributed by atoms with Crippen LogP contribution in [0.25, 0.3) is 5.69 Å². The van der Waals surface area contributed by atoms with Crippen molar-refractivity contribution in [3.05, 3.63) is 41.7 Å². The molecule has 0 spiro atoms. The minimum Gasteiger partial charge on any atom is -0.462 e. The highest BCUT2D eigenvalue weighted by atomic mass is 35.5. The summed E-state index contributed by atoms with van der Waals surface area (Å²) >= 11 is 0. The molecule has 0 fully saturated rings. The number of benzene rings is 1. The molecule has 7 nitrogen and oxygen atoms in total. The van der Waals surface area contributed by atoms with Gasteiger partial charge in [0, 0.05) is 5.69 Å². The number of alkyl halides is 3.